The van der Waals surface area contributed by atoms with Crippen molar-refractivity contribution in [2.75, 3.05) is 19.5 Å². The first kappa shape index (κ1) is 12.6. The number of aryl methyl sites for hydroxylation is 1. The van der Waals surface area contributed by atoms with E-state index in [1.54, 1.807) is 11.8 Å². The summed E-state index contributed by atoms with van der Waals surface area (Å²) in [6, 6.07) is 8.43. The molecule has 0 unspecified atom stereocenters. The van der Waals surface area contributed by atoms with Crippen LogP contribution in [0.5, 0.6) is 0 Å². The van der Waals surface area contributed by atoms with Crippen LogP contribution in [0.4, 0.5) is 0 Å². The van der Waals surface area contributed by atoms with E-state index in [9.17, 15) is 0 Å². The van der Waals surface area contributed by atoms with Crippen molar-refractivity contribution in [3.63, 3.8) is 0 Å². The van der Waals surface area contributed by atoms with Crippen molar-refractivity contribution in [2.24, 2.45) is 5.92 Å². The van der Waals surface area contributed by atoms with Gasteiger partial charge < -0.3 is 10.2 Å². The molecule has 3 heteroatoms. The highest BCUT2D eigenvalue weighted by atomic mass is 32.2. The van der Waals surface area contributed by atoms with Crippen LogP contribution in [-0.2, 0) is 6.42 Å². The van der Waals surface area contributed by atoms with Gasteiger partial charge in [-0.2, -0.15) is 0 Å². The van der Waals surface area contributed by atoms with Gasteiger partial charge in [0.05, 0.1) is 0 Å². The molecule has 0 saturated carbocycles. The summed E-state index contributed by atoms with van der Waals surface area (Å²) in [5.41, 5.74) is 1.26. The van der Waals surface area contributed by atoms with Gasteiger partial charge in [-0.25, -0.2) is 0 Å². The number of benzene rings is 1. The van der Waals surface area contributed by atoms with Crippen molar-refractivity contribution in [1.29, 1.82) is 0 Å². The number of hydrogen-bond donors (Lipinski definition) is 2. The maximum atomic E-state index is 8.92. The normalized spacial score (nSPS) is 10.9. The zero-order valence-corrected chi connectivity index (χ0v) is 9.83. The molecule has 0 aliphatic carbocycles. The lowest BCUT2D eigenvalue weighted by Gasteiger charge is -2.10. The lowest BCUT2D eigenvalue weighted by atomic mass is 10.0. The standard InChI is InChI=1S/C12H18O2S/c1-15-12-6-4-10(5-7-12)2-3-11(8-13)9-14/h4-7,11,13-14H,2-3,8-9H2,1H3. The van der Waals surface area contributed by atoms with E-state index in [0.29, 0.717) is 0 Å². The van der Waals surface area contributed by atoms with E-state index < -0.39 is 0 Å². The van der Waals surface area contributed by atoms with E-state index in [-0.39, 0.29) is 19.1 Å². The Morgan fingerprint density at radius 1 is 1.13 bits per heavy atom. The van der Waals surface area contributed by atoms with Crippen LogP contribution in [-0.4, -0.2) is 29.7 Å². The fraction of sp³-hybridized carbons (Fsp3) is 0.500. The minimum absolute atomic E-state index is 0.0187. The predicted octanol–water partition coefficient (Wildman–Crippen LogP) is 1.94. The molecular formula is C12H18O2S. The van der Waals surface area contributed by atoms with E-state index in [1.165, 1.54) is 10.5 Å². The van der Waals surface area contributed by atoms with Gasteiger partial charge >= 0.3 is 0 Å². The molecule has 0 spiro atoms. The number of hydrogen-bond acceptors (Lipinski definition) is 3. The number of aliphatic hydroxyl groups excluding tert-OH is 2. The summed E-state index contributed by atoms with van der Waals surface area (Å²) >= 11 is 1.73. The maximum Gasteiger partial charge on any atom is 0.0481 e. The Balaban J connectivity index is 2.43. The van der Waals surface area contributed by atoms with Crippen LogP contribution in [0, 0.1) is 5.92 Å². The molecule has 0 atom stereocenters. The molecule has 0 heterocycles. The van der Waals surface area contributed by atoms with Gasteiger partial charge in [0.15, 0.2) is 0 Å². The van der Waals surface area contributed by atoms with Gasteiger partial charge in [-0.3, -0.25) is 0 Å². The van der Waals surface area contributed by atoms with Crippen LogP contribution >= 0.6 is 11.8 Å². The minimum Gasteiger partial charge on any atom is -0.396 e. The average molecular weight is 226 g/mol. The summed E-state index contributed by atoms with van der Waals surface area (Å²) in [6.07, 6.45) is 3.81. The van der Waals surface area contributed by atoms with Crippen LogP contribution in [0.15, 0.2) is 29.2 Å². The summed E-state index contributed by atoms with van der Waals surface area (Å²) in [7, 11) is 0. The fourth-order valence-corrected chi connectivity index (χ4v) is 1.81. The second-order valence-corrected chi connectivity index (χ2v) is 4.50. The summed E-state index contributed by atoms with van der Waals surface area (Å²) < 4.78 is 0. The summed E-state index contributed by atoms with van der Waals surface area (Å²) in [4.78, 5) is 1.26. The Morgan fingerprint density at radius 2 is 1.73 bits per heavy atom. The summed E-state index contributed by atoms with van der Waals surface area (Å²) in [5, 5.41) is 17.8. The van der Waals surface area contributed by atoms with Crippen molar-refractivity contribution >= 4 is 11.8 Å². The molecule has 0 fully saturated rings. The predicted molar refractivity (Wildman–Crippen MR) is 64.2 cm³/mol. The molecule has 1 aromatic carbocycles. The molecule has 2 nitrogen and oxygen atoms in total. The Labute approximate surface area is 95.3 Å². The van der Waals surface area contributed by atoms with Gasteiger partial charge in [0.1, 0.15) is 0 Å². The van der Waals surface area contributed by atoms with Crippen molar-refractivity contribution in [1.82, 2.24) is 0 Å². The third kappa shape index (κ3) is 4.24. The van der Waals surface area contributed by atoms with E-state index >= 15 is 0 Å². The molecule has 15 heavy (non-hydrogen) atoms. The van der Waals surface area contributed by atoms with E-state index in [0.717, 1.165) is 12.8 Å². The Kier molecular flexibility index (Phi) is 5.76. The smallest absolute Gasteiger partial charge is 0.0481 e. The average Bonchev–Trinajstić information content (AvgIpc) is 2.31. The quantitative estimate of drug-likeness (QED) is 0.728. The molecule has 1 rings (SSSR count). The Morgan fingerprint density at radius 3 is 2.20 bits per heavy atom. The summed E-state index contributed by atoms with van der Waals surface area (Å²) in [6.45, 7) is 0.138. The molecule has 84 valence electrons. The highest BCUT2D eigenvalue weighted by Gasteiger charge is 2.05. The highest BCUT2D eigenvalue weighted by Crippen LogP contribution is 2.16. The van der Waals surface area contributed by atoms with Crippen LogP contribution in [0.2, 0.25) is 0 Å². The number of aliphatic hydroxyl groups is 2. The van der Waals surface area contributed by atoms with Crippen molar-refractivity contribution in [3.8, 4) is 0 Å². The lowest BCUT2D eigenvalue weighted by molar-refractivity contribution is 0.144. The minimum atomic E-state index is 0.0187. The van der Waals surface area contributed by atoms with Gasteiger partial charge in [0.2, 0.25) is 0 Å². The zero-order valence-electron chi connectivity index (χ0n) is 9.02. The molecule has 0 amide bonds. The molecular weight excluding hydrogens is 208 g/mol. The van der Waals surface area contributed by atoms with Gasteiger partial charge in [-0.1, -0.05) is 12.1 Å². The van der Waals surface area contributed by atoms with Crippen LogP contribution in [0.1, 0.15) is 12.0 Å². The molecule has 0 bridgehead atoms. The maximum absolute atomic E-state index is 8.92. The third-order valence-corrected chi connectivity index (χ3v) is 3.26. The van der Waals surface area contributed by atoms with Crippen molar-refractivity contribution < 1.29 is 10.2 Å². The van der Waals surface area contributed by atoms with E-state index in [1.807, 2.05) is 0 Å². The van der Waals surface area contributed by atoms with Crippen molar-refractivity contribution in [3.05, 3.63) is 29.8 Å². The van der Waals surface area contributed by atoms with E-state index in [2.05, 4.69) is 30.5 Å². The molecule has 0 saturated heterocycles. The first-order valence-corrected chi connectivity index (χ1v) is 6.37. The number of rotatable bonds is 6. The van der Waals surface area contributed by atoms with Gasteiger partial charge in [-0.15, -0.1) is 11.8 Å². The first-order chi connectivity index (χ1) is 7.30. The fourth-order valence-electron chi connectivity index (χ4n) is 1.40. The van der Waals surface area contributed by atoms with Gasteiger partial charge in [0.25, 0.3) is 0 Å². The van der Waals surface area contributed by atoms with Gasteiger partial charge in [0, 0.05) is 24.0 Å². The Hall–Kier alpha value is -0.510. The monoisotopic (exact) mass is 226 g/mol. The largest absolute Gasteiger partial charge is 0.396 e. The lowest BCUT2D eigenvalue weighted by Crippen LogP contribution is -2.11. The van der Waals surface area contributed by atoms with Crippen LogP contribution in [0.25, 0.3) is 0 Å². The molecule has 0 radical (unpaired) electrons. The van der Waals surface area contributed by atoms with Gasteiger partial charge in [-0.05, 0) is 36.8 Å². The highest BCUT2D eigenvalue weighted by molar-refractivity contribution is 7.98. The number of thioether (sulfide) groups is 1. The molecule has 0 aromatic heterocycles. The van der Waals surface area contributed by atoms with Crippen LogP contribution < -0.4 is 0 Å². The Bertz CT molecular complexity index is 267. The molecule has 0 aliphatic heterocycles. The van der Waals surface area contributed by atoms with E-state index in [4.69, 9.17) is 10.2 Å². The molecule has 0 aliphatic rings. The zero-order chi connectivity index (χ0) is 11.1. The van der Waals surface area contributed by atoms with Crippen molar-refractivity contribution in [2.45, 2.75) is 17.7 Å². The first-order valence-electron chi connectivity index (χ1n) is 5.14. The molecule has 2 N–H and O–H groups in total. The topological polar surface area (TPSA) is 40.5 Å². The second kappa shape index (κ2) is 6.88. The third-order valence-electron chi connectivity index (χ3n) is 2.52. The molecule has 1 aromatic rings. The summed E-state index contributed by atoms with van der Waals surface area (Å²) in [5.74, 6) is 0.0187. The van der Waals surface area contributed by atoms with Crippen LogP contribution in [0.3, 0.4) is 0 Å². The second-order valence-electron chi connectivity index (χ2n) is 3.62. The SMILES string of the molecule is CSc1ccc(CCC(CO)CO)cc1.